The molecule has 13 aromatic carbocycles. The largest absolute Gasteiger partial charge is 0.458 e. The van der Waals surface area contributed by atoms with Crippen LogP contribution < -0.4 is 35.7 Å². The van der Waals surface area contributed by atoms with Crippen LogP contribution in [0, 0.1) is 0 Å². The molecule has 0 saturated heterocycles. The van der Waals surface area contributed by atoms with Crippen molar-refractivity contribution < 1.29 is 9.47 Å². The fourth-order valence-electron chi connectivity index (χ4n) is 15.9. The standard InChI is InChI=1S/C88H69BN2O2/c1-85(2,3)58-40-44-66(45-41-58)90(64-34-21-11-22-35-64)68-48-50-70-72-54-82-78(56-76(72)87(74(70)52-68,60-26-13-7-14-27-60)61-28-15-8-16-29-61)89-79-57-77-73(55-83(79)93-81-39-25-38-80(92-82)84(81)89)71-51-49-69(53-75(71)88(77,62-30-17-9-18-31-62)63-32-19-10-20-33-63)91(65-36-23-12-24-37-65)67-46-42-59(43-47-67)86(4,5)6/h7-57H,1-6H3. The van der Waals surface area contributed by atoms with Crippen molar-refractivity contribution in [3.8, 4) is 45.3 Å². The van der Waals surface area contributed by atoms with Gasteiger partial charge in [0, 0.05) is 39.6 Å². The Balaban J connectivity index is 0.894. The normalized spacial score (nSPS) is 14.0. The SMILES string of the molecule is CC(C)(C)c1ccc(N(c2ccccc2)c2ccc3c(c2)C(c2ccccc2)(c2ccccc2)c2cc4c(cc2-3)Oc2cccc3c2B4c2cc4c(cc2O3)-c2ccc(N(c3ccccc3)c3ccc(C(C)(C)C)cc3)cc2C4(c2ccccc2)c2ccccc2)cc1. The predicted molar refractivity (Wildman–Crippen MR) is 386 cm³/mol. The van der Waals surface area contributed by atoms with Crippen molar-refractivity contribution in [3.05, 3.63) is 365 Å². The molecule has 0 atom stereocenters. The molecule has 0 spiro atoms. The van der Waals surface area contributed by atoms with E-state index in [-0.39, 0.29) is 17.5 Å². The van der Waals surface area contributed by atoms with Gasteiger partial charge in [-0.15, -0.1) is 0 Å². The summed E-state index contributed by atoms with van der Waals surface area (Å²) in [4.78, 5) is 4.82. The summed E-state index contributed by atoms with van der Waals surface area (Å²) in [6, 6.07) is 115. The average molecular weight is 1200 g/mol. The van der Waals surface area contributed by atoms with E-state index in [9.17, 15) is 0 Å². The summed E-state index contributed by atoms with van der Waals surface area (Å²) in [5.74, 6) is 3.30. The van der Waals surface area contributed by atoms with Crippen LogP contribution in [0.3, 0.4) is 0 Å². The molecule has 0 N–H and O–H groups in total. The van der Waals surface area contributed by atoms with Crippen LogP contribution in [0.5, 0.6) is 23.0 Å². The highest BCUT2D eigenvalue weighted by molar-refractivity contribution is 6.98. The Hall–Kier alpha value is -10.9. The second-order valence-electron chi connectivity index (χ2n) is 27.5. The van der Waals surface area contributed by atoms with Gasteiger partial charge in [0.1, 0.15) is 23.0 Å². The molecule has 0 unspecified atom stereocenters. The third-order valence-corrected chi connectivity index (χ3v) is 20.2. The number of fused-ring (bicyclic) bond motifs is 10. The molecule has 17 rings (SSSR count). The number of rotatable bonds is 10. The lowest BCUT2D eigenvalue weighted by Gasteiger charge is -2.38. The first-order valence-electron chi connectivity index (χ1n) is 32.7. The van der Waals surface area contributed by atoms with E-state index in [4.69, 9.17) is 9.47 Å². The van der Waals surface area contributed by atoms with Crippen LogP contribution in [0.4, 0.5) is 34.1 Å². The number of hydrogen-bond donors (Lipinski definition) is 0. The lowest BCUT2D eigenvalue weighted by atomic mass is 9.34. The molecule has 446 valence electrons. The monoisotopic (exact) mass is 1200 g/mol. The number of para-hydroxylation sites is 2. The maximum Gasteiger partial charge on any atom is 0.260 e. The molecule has 2 heterocycles. The molecule has 93 heavy (non-hydrogen) atoms. The maximum absolute atomic E-state index is 7.33. The Bertz CT molecular complexity index is 4630. The number of ether oxygens (including phenoxy) is 2. The summed E-state index contributed by atoms with van der Waals surface area (Å²) < 4.78 is 14.7. The van der Waals surface area contributed by atoms with E-state index in [2.05, 4.69) is 361 Å². The molecule has 4 nitrogen and oxygen atoms in total. The topological polar surface area (TPSA) is 24.9 Å². The van der Waals surface area contributed by atoms with Crippen LogP contribution >= 0.6 is 0 Å². The lowest BCUT2D eigenvalue weighted by molar-refractivity contribution is 0.464. The first-order valence-corrected chi connectivity index (χ1v) is 32.7. The minimum absolute atomic E-state index is 0.0106. The van der Waals surface area contributed by atoms with Crippen molar-refractivity contribution >= 4 is 57.2 Å². The molecule has 0 amide bonds. The van der Waals surface area contributed by atoms with Crippen LogP contribution in [0.15, 0.2) is 309 Å². The third-order valence-electron chi connectivity index (χ3n) is 20.2. The molecular weight excluding hydrogens is 1130 g/mol. The lowest BCUT2D eigenvalue weighted by Crippen LogP contribution is -2.58. The Morgan fingerprint density at radius 1 is 0.269 bits per heavy atom. The van der Waals surface area contributed by atoms with Gasteiger partial charge in [-0.05, 0) is 197 Å². The quantitative estimate of drug-likeness (QED) is 0.127. The van der Waals surface area contributed by atoms with Crippen LogP contribution in [-0.4, -0.2) is 6.71 Å². The number of benzene rings is 13. The summed E-state index contributed by atoms with van der Waals surface area (Å²) in [5.41, 5.74) is 25.2. The van der Waals surface area contributed by atoms with Crippen molar-refractivity contribution in [1.82, 2.24) is 0 Å². The van der Waals surface area contributed by atoms with Crippen LogP contribution in [-0.2, 0) is 21.7 Å². The van der Waals surface area contributed by atoms with Gasteiger partial charge in [0.05, 0.1) is 10.8 Å². The molecule has 2 aliphatic heterocycles. The van der Waals surface area contributed by atoms with Gasteiger partial charge in [0.25, 0.3) is 6.71 Å². The number of anilines is 6. The minimum Gasteiger partial charge on any atom is -0.458 e. The average Bonchev–Trinajstić information content (AvgIpc) is 1.57. The first kappa shape index (κ1) is 56.1. The van der Waals surface area contributed by atoms with Crippen LogP contribution in [0.25, 0.3) is 22.3 Å². The summed E-state index contributed by atoms with van der Waals surface area (Å²) in [7, 11) is 0. The molecule has 4 aliphatic rings. The molecule has 0 saturated carbocycles. The van der Waals surface area contributed by atoms with E-state index >= 15 is 0 Å². The zero-order valence-electron chi connectivity index (χ0n) is 53.2. The Morgan fingerprint density at radius 3 is 0.903 bits per heavy atom. The fourth-order valence-corrected chi connectivity index (χ4v) is 15.9. The van der Waals surface area contributed by atoms with E-state index in [1.54, 1.807) is 0 Å². The summed E-state index contributed by atoms with van der Waals surface area (Å²) in [5, 5.41) is 0. The highest BCUT2D eigenvalue weighted by Crippen LogP contribution is 2.61. The minimum atomic E-state index is -0.750. The molecule has 5 heteroatoms. The molecule has 0 aromatic heterocycles. The fraction of sp³-hybridized carbons (Fsp3) is 0.114. The second-order valence-corrected chi connectivity index (χ2v) is 27.5. The van der Waals surface area contributed by atoms with Crippen molar-refractivity contribution in [1.29, 1.82) is 0 Å². The zero-order valence-corrected chi connectivity index (χ0v) is 53.2. The molecule has 0 radical (unpaired) electrons. The Labute approximate surface area is 546 Å². The van der Waals surface area contributed by atoms with Crippen molar-refractivity contribution in [2.45, 2.75) is 63.2 Å². The van der Waals surface area contributed by atoms with Crippen LogP contribution in [0.2, 0.25) is 0 Å². The van der Waals surface area contributed by atoms with Gasteiger partial charge >= 0.3 is 0 Å². The second kappa shape index (κ2) is 21.4. The van der Waals surface area contributed by atoms with E-state index < -0.39 is 10.8 Å². The molecule has 0 bridgehead atoms. The number of hydrogen-bond acceptors (Lipinski definition) is 4. The van der Waals surface area contributed by atoms with Gasteiger partial charge in [0.2, 0.25) is 0 Å². The van der Waals surface area contributed by atoms with E-state index in [1.807, 2.05) is 0 Å². The predicted octanol–water partition coefficient (Wildman–Crippen LogP) is 20.7. The van der Waals surface area contributed by atoms with Gasteiger partial charge in [-0.25, -0.2) is 0 Å². The Kier molecular flexibility index (Phi) is 12.9. The highest BCUT2D eigenvalue weighted by atomic mass is 16.5. The molecule has 13 aromatic rings. The summed E-state index contributed by atoms with van der Waals surface area (Å²) >= 11 is 0. The summed E-state index contributed by atoms with van der Waals surface area (Å²) in [6.45, 7) is 13.4. The van der Waals surface area contributed by atoms with Gasteiger partial charge in [-0.1, -0.05) is 254 Å². The summed E-state index contributed by atoms with van der Waals surface area (Å²) in [6.07, 6.45) is 0. The smallest absolute Gasteiger partial charge is 0.260 e. The molecule has 0 fully saturated rings. The maximum atomic E-state index is 7.33. The van der Waals surface area contributed by atoms with Crippen molar-refractivity contribution in [2.75, 3.05) is 9.80 Å². The Morgan fingerprint density at radius 2 is 0.570 bits per heavy atom. The number of nitrogens with zero attached hydrogens (tertiary/aromatic N) is 2. The highest BCUT2D eigenvalue weighted by Gasteiger charge is 2.52. The van der Waals surface area contributed by atoms with E-state index in [0.717, 1.165) is 84.6 Å². The van der Waals surface area contributed by atoms with Gasteiger partial charge < -0.3 is 19.3 Å². The van der Waals surface area contributed by atoms with E-state index in [1.165, 1.54) is 66.8 Å². The zero-order chi connectivity index (χ0) is 62.8. The van der Waals surface area contributed by atoms with Crippen LogP contribution in [0.1, 0.15) is 97.2 Å². The molecule has 2 aliphatic carbocycles. The van der Waals surface area contributed by atoms with Gasteiger partial charge in [0.15, 0.2) is 0 Å². The van der Waals surface area contributed by atoms with Crippen molar-refractivity contribution in [3.63, 3.8) is 0 Å². The molecular formula is C88H69BN2O2. The van der Waals surface area contributed by atoms with E-state index in [0.29, 0.717) is 0 Å². The van der Waals surface area contributed by atoms with Crippen molar-refractivity contribution in [2.24, 2.45) is 0 Å². The first-order chi connectivity index (χ1) is 45.4. The third kappa shape index (κ3) is 8.74. The van der Waals surface area contributed by atoms with Gasteiger partial charge in [-0.3, -0.25) is 0 Å². The van der Waals surface area contributed by atoms with Gasteiger partial charge in [-0.2, -0.15) is 0 Å².